The first kappa shape index (κ1) is 28.8. The number of alkyl halides is 6. The van der Waals surface area contributed by atoms with E-state index in [1.54, 1.807) is 0 Å². The largest absolute Gasteiger partial charge is 0.441 e. The second-order valence-corrected chi connectivity index (χ2v) is 9.71. The second-order valence-electron chi connectivity index (χ2n) is 9.71. The van der Waals surface area contributed by atoms with Gasteiger partial charge in [0.2, 0.25) is 0 Å². The van der Waals surface area contributed by atoms with E-state index in [0.29, 0.717) is 18.2 Å². The molecule has 1 amide bonds. The fraction of sp³-hybridized carbons (Fsp3) is 0.500. The van der Waals surface area contributed by atoms with E-state index < -0.39 is 35.2 Å². The standard InChI is InChI=1S/C15H20N2O2.C11H10F6O/c1-14(2)15(17-13(18)19-14)9-8-12(16-10-15)11-6-4-3-5-7-11;1-6(18-2)7-3-8(10(12,13)14)5-9(4-7)11(15,16)17/h3-7,12,16H,8-10H2,1-2H3,(H,17,18);3-6H,1-2H3/t;6-/m.1/s1. The third-order valence-electron chi connectivity index (χ3n) is 6.99. The summed E-state index contributed by atoms with van der Waals surface area (Å²) in [5.74, 6) is 0. The summed E-state index contributed by atoms with van der Waals surface area (Å²) in [5, 5.41) is 6.56. The molecule has 0 radical (unpaired) electrons. The Hall–Kier alpha value is -2.79. The van der Waals surface area contributed by atoms with Gasteiger partial charge >= 0.3 is 18.4 Å². The van der Waals surface area contributed by atoms with Crippen molar-refractivity contribution in [1.82, 2.24) is 10.6 Å². The van der Waals surface area contributed by atoms with Gasteiger partial charge in [0.05, 0.1) is 22.8 Å². The van der Waals surface area contributed by atoms with Gasteiger partial charge < -0.3 is 20.1 Å². The maximum atomic E-state index is 12.5. The quantitative estimate of drug-likeness (QED) is 0.427. The molecule has 0 bridgehead atoms. The smallest absolute Gasteiger partial charge is 0.416 e. The average molecular weight is 533 g/mol. The Bertz CT molecular complexity index is 1050. The van der Waals surface area contributed by atoms with Gasteiger partial charge in [-0.15, -0.1) is 0 Å². The number of carbonyl (C=O) groups excluding carboxylic acids is 1. The molecule has 11 heteroatoms. The number of rotatable bonds is 3. The van der Waals surface area contributed by atoms with E-state index in [-0.39, 0.29) is 23.3 Å². The number of cyclic esters (lactones) is 1. The van der Waals surface area contributed by atoms with Gasteiger partial charge in [-0.3, -0.25) is 0 Å². The summed E-state index contributed by atoms with van der Waals surface area (Å²) in [6, 6.07) is 12.2. The molecular formula is C26H30F6N2O3. The number of alkyl carbamates (subject to hydrolysis) is 1. The molecular weight excluding hydrogens is 502 g/mol. The molecule has 2 aromatic rings. The molecule has 2 saturated heterocycles. The van der Waals surface area contributed by atoms with E-state index in [4.69, 9.17) is 9.47 Å². The number of ether oxygens (including phenoxy) is 2. The summed E-state index contributed by atoms with van der Waals surface area (Å²) in [7, 11) is 1.21. The van der Waals surface area contributed by atoms with Gasteiger partial charge in [0.25, 0.3) is 0 Å². The molecule has 5 nitrogen and oxygen atoms in total. The first-order valence-corrected chi connectivity index (χ1v) is 11.7. The highest BCUT2D eigenvalue weighted by Gasteiger charge is 2.55. The van der Waals surface area contributed by atoms with Crippen LogP contribution in [0.2, 0.25) is 0 Å². The minimum Gasteiger partial charge on any atom is -0.441 e. The van der Waals surface area contributed by atoms with Crippen molar-refractivity contribution in [2.45, 2.75) is 69.3 Å². The molecule has 0 aliphatic carbocycles. The molecule has 2 aliphatic heterocycles. The van der Waals surface area contributed by atoms with Crippen molar-refractivity contribution < 1.29 is 40.6 Å². The summed E-state index contributed by atoms with van der Waals surface area (Å²) in [5.41, 5.74) is -2.28. The normalized spacial score (nSPS) is 24.1. The van der Waals surface area contributed by atoms with Crippen LogP contribution in [0.5, 0.6) is 0 Å². The van der Waals surface area contributed by atoms with Gasteiger partial charge in [0.1, 0.15) is 5.60 Å². The van der Waals surface area contributed by atoms with Crippen LogP contribution in [0, 0.1) is 0 Å². The molecule has 2 fully saturated rings. The Labute approximate surface area is 211 Å². The molecule has 2 heterocycles. The summed E-state index contributed by atoms with van der Waals surface area (Å²) in [6.45, 7) is 6.08. The highest BCUT2D eigenvalue weighted by atomic mass is 19.4. The lowest BCUT2D eigenvalue weighted by Crippen LogP contribution is -2.62. The van der Waals surface area contributed by atoms with E-state index in [0.717, 1.165) is 19.4 Å². The van der Waals surface area contributed by atoms with Crippen molar-refractivity contribution in [2.24, 2.45) is 0 Å². The van der Waals surface area contributed by atoms with E-state index in [1.807, 2.05) is 19.9 Å². The van der Waals surface area contributed by atoms with Crippen molar-refractivity contribution in [2.75, 3.05) is 13.7 Å². The fourth-order valence-electron chi connectivity index (χ4n) is 4.52. The number of methoxy groups -OCH3 is 1. The first-order chi connectivity index (χ1) is 17.1. The number of hydrogen-bond donors (Lipinski definition) is 2. The van der Waals surface area contributed by atoms with E-state index >= 15 is 0 Å². The number of piperidine rings is 1. The number of benzene rings is 2. The lowest BCUT2D eigenvalue weighted by molar-refractivity contribution is -0.143. The van der Waals surface area contributed by atoms with Crippen LogP contribution in [0.1, 0.15) is 68.0 Å². The Morgan fingerprint density at radius 3 is 1.97 bits per heavy atom. The second kappa shape index (κ2) is 10.5. The summed E-state index contributed by atoms with van der Waals surface area (Å²) >= 11 is 0. The third kappa shape index (κ3) is 6.56. The molecule has 2 aliphatic rings. The Kier molecular flexibility index (Phi) is 8.19. The van der Waals surface area contributed by atoms with Crippen LogP contribution < -0.4 is 10.6 Å². The number of carbonyl (C=O) groups is 1. The lowest BCUT2D eigenvalue weighted by Gasteiger charge is -2.43. The minimum absolute atomic E-state index is 0.0892. The van der Waals surface area contributed by atoms with E-state index in [9.17, 15) is 31.1 Å². The van der Waals surface area contributed by atoms with Crippen LogP contribution in [0.4, 0.5) is 31.1 Å². The number of amides is 1. The zero-order chi connectivity index (χ0) is 27.6. The predicted molar refractivity (Wildman–Crippen MR) is 125 cm³/mol. The van der Waals surface area contributed by atoms with E-state index in [2.05, 4.69) is 34.9 Å². The zero-order valence-corrected chi connectivity index (χ0v) is 20.9. The third-order valence-corrected chi connectivity index (χ3v) is 6.99. The van der Waals surface area contributed by atoms with Crippen molar-refractivity contribution in [3.8, 4) is 0 Å². The molecule has 0 aromatic heterocycles. The number of hydrogen-bond acceptors (Lipinski definition) is 4. The van der Waals surface area contributed by atoms with Crippen LogP contribution in [-0.2, 0) is 21.8 Å². The topological polar surface area (TPSA) is 59.6 Å². The molecule has 3 atom stereocenters. The van der Waals surface area contributed by atoms with Crippen molar-refractivity contribution >= 4 is 6.09 Å². The monoisotopic (exact) mass is 532 g/mol. The highest BCUT2D eigenvalue weighted by Crippen LogP contribution is 2.40. The fourth-order valence-corrected chi connectivity index (χ4v) is 4.52. The van der Waals surface area contributed by atoms with Crippen LogP contribution in [0.15, 0.2) is 48.5 Å². The number of nitrogens with one attached hydrogen (secondary N) is 2. The van der Waals surface area contributed by atoms with Crippen molar-refractivity contribution in [1.29, 1.82) is 0 Å². The summed E-state index contributed by atoms with van der Waals surface area (Å²) < 4.78 is 85.1. The van der Waals surface area contributed by atoms with Gasteiger partial charge in [-0.05, 0) is 62.9 Å². The maximum Gasteiger partial charge on any atom is 0.416 e. The Morgan fingerprint density at radius 1 is 1.00 bits per heavy atom. The zero-order valence-electron chi connectivity index (χ0n) is 20.9. The predicted octanol–water partition coefficient (Wildman–Crippen LogP) is 6.80. The van der Waals surface area contributed by atoms with Crippen LogP contribution in [0.25, 0.3) is 0 Å². The van der Waals surface area contributed by atoms with Gasteiger partial charge in [-0.25, -0.2) is 4.79 Å². The van der Waals surface area contributed by atoms with E-state index in [1.165, 1.54) is 19.6 Å². The van der Waals surface area contributed by atoms with Gasteiger partial charge in [-0.1, -0.05) is 30.3 Å². The first-order valence-electron chi connectivity index (χ1n) is 11.7. The molecule has 1 spiro atoms. The Balaban J connectivity index is 0.000000206. The van der Waals surface area contributed by atoms with Crippen LogP contribution >= 0.6 is 0 Å². The molecule has 2 unspecified atom stereocenters. The lowest BCUT2D eigenvalue weighted by atomic mass is 9.75. The number of halogens is 6. The van der Waals surface area contributed by atoms with Crippen molar-refractivity contribution in [3.05, 3.63) is 70.8 Å². The SMILES string of the molecule is CC1(C)OC(=O)NC12CCC(c1ccccc1)NC2.CO[C@H](C)c1cc(C(F)(F)F)cc(C(F)(F)F)c1. The van der Waals surface area contributed by atoms with Crippen LogP contribution in [0.3, 0.4) is 0 Å². The molecule has 2 N–H and O–H groups in total. The van der Waals surface area contributed by atoms with Gasteiger partial charge in [-0.2, -0.15) is 26.3 Å². The summed E-state index contributed by atoms with van der Waals surface area (Å²) in [4.78, 5) is 11.5. The molecule has 0 saturated carbocycles. The molecule has 4 rings (SSSR count). The summed E-state index contributed by atoms with van der Waals surface area (Å²) in [6.07, 6.45) is -8.89. The van der Waals surface area contributed by atoms with Crippen molar-refractivity contribution in [3.63, 3.8) is 0 Å². The minimum atomic E-state index is -4.83. The molecule has 2 aromatic carbocycles. The molecule has 37 heavy (non-hydrogen) atoms. The van der Waals surface area contributed by atoms with Gasteiger partial charge in [0.15, 0.2) is 0 Å². The Morgan fingerprint density at radius 2 is 1.57 bits per heavy atom. The van der Waals surface area contributed by atoms with Crippen LogP contribution in [-0.4, -0.2) is 30.9 Å². The van der Waals surface area contributed by atoms with Gasteiger partial charge in [0, 0.05) is 19.7 Å². The average Bonchev–Trinajstić information content (AvgIpc) is 3.05. The highest BCUT2D eigenvalue weighted by molar-refractivity contribution is 5.72. The maximum absolute atomic E-state index is 12.5. The molecule has 204 valence electrons.